The molecular formula is C19H24N4OS. The lowest BCUT2D eigenvalue weighted by Crippen LogP contribution is -2.51. The molecule has 6 heteroatoms. The number of carbonyl (C=O) groups excluding carboxylic acids is 1. The fourth-order valence-electron chi connectivity index (χ4n) is 4.00. The highest BCUT2D eigenvalue weighted by molar-refractivity contribution is 7.10. The number of rotatable bonds is 3. The van der Waals surface area contributed by atoms with Crippen LogP contribution in [0, 0.1) is 0 Å². The molecule has 2 aromatic rings. The lowest BCUT2D eigenvalue weighted by molar-refractivity contribution is -0.137. The molecule has 0 unspecified atom stereocenters. The first-order valence-electron chi connectivity index (χ1n) is 9.06. The van der Waals surface area contributed by atoms with Crippen LogP contribution in [0.2, 0.25) is 0 Å². The standard InChI is InChI=1S/C19H24N4OS/c1-14(19(24)23-9-5-18-16(12-23)6-10-25-18)22-8-2-3-15(11-22)17-4-7-20-13-21-17/h4,6-7,10,13-15H,2-3,5,8-9,11-12H2,1H3/t14-,15-/m1/s1. The minimum atomic E-state index is -0.0650. The molecule has 4 rings (SSSR count). The Hall–Kier alpha value is -1.79. The maximum absolute atomic E-state index is 13.0. The summed E-state index contributed by atoms with van der Waals surface area (Å²) in [6.45, 7) is 5.58. The van der Waals surface area contributed by atoms with Crippen LogP contribution in [0.5, 0.6) is 0 Å². The highest BCUT2D eigenvalue weighted by atomic mass is 32.1. The van der Waals surface area contributed by atoms with Crippen LogP contribution in [0.4, 0.5) is 0 Å². The maximum atomic E-state index is 13.0. The van der Waals surface area contributed by atoms with E-state index in [-0.39, 0.29) is 11.9 Å². The summed E-state index contributed by atoms with van der Waals surface area (Å²) >= 11 is 1.81. The topological polar surface area (TPSA) is 49.3 Å². The second-order valence-corrected chi connectivity index (χ2v) is 8.02. The van der Waals surface area contributed by atoms with Crippen LogP contribution in [0.25, 0.3) is 0 Å². The van der Waals surface area contributed by atoms with Gasteiger partial charge in [0.05, 0.1) is 6.04 Å². The molecule has 2 aliphatic rings. The third kappa shape index (κ3) is 3.46. The molecule has 4 heterocycles. The van der Waals surface area contributed by atoms with Crippen molar-refractivity contribution in [1.82, 2.24) is 19.8 Å². The molecule has 2 aromatic heterocycles. The first kappa shape index (κ1) is 16.7. The smallest absolute Gasteiger partial charge is 0.239 e. The summed E-state index contributed by atoms with van der Waals surface area (Å²) < 4.78 is 0. The quantitative estimate of drug-likeness (QED) is 0.848. The van der Waals surface area contributed by atoms with Crippen molar-refractivity contribution in [3.63, 3.8) is 0 Å². The predicted molar refractivity (Wildman–Crippen MR) is 98.5 cm³/mol. The summed E-state index contributed by atoms with van der Waals surface area (Å²) in [7, 11) is 0. The Balaban J connectivity index is 1.42. The van der Waals surface area contributed by atoms with Crippen LogP contribution < -0.4 is 0 Å². The van der Waals surface area contributed by atoms with E-state index < -0.39 is 0 Å². The van der Waals surface area contributed by atoms with E-state index in [1.54, 1.807) is 6.33 Å². The summed E-state index contributed by atoms with van der Waals surface area (Å²) in [4.78, 5) is 27.3. The van der Waals surface area contributed by atoms with Crippen molar-refractivity contribution in [3.8, 4) is 0 Å². The Labute approximate surface area is 152 Å². The molecule has 25 heavy (non-hydrogen) atoms. The zero-order valence-electron chi connectivity index (χ0n) is 14.6. The van der Waals surface area contributed by atoms with Crippen LogP contribution >= 0.6 is 11.3 Å². The third-order valence-corrected chi connectivity index (χ3v) is 6.52. The minimum Gasteiger partial charge on any atom is -0.337 e. The van der Waals surface area contributed by atoms with Crippen molar-refractivity contribution >= 4 is 17.2 Å². The molecule has 0 aromatic carbocycles. The Morgan fingerprint density at radius 3 is 3.12 bits per heavy atom. The summed E-state index contributed by atoms with van der Waals surface area (Å²) in [5.41, 5.74) is 2.43. The Morgan fingerprint density at radius 1 is 1.36 bits per heavy atom. The number of nitrogens with zero attached hydrogens (tertiary/aromatic N) is 4. The first-order valence-corrected chi connectivity index (χ1v) is 9.94. The molecule has 0 N–H and O–H groups in total. The third-order valence-electron chi connectivity index (χ3n) is 5.50. The lowest BCUT2D eigenvalue weighted by atomic mass is 9.93. The van der Waals surface area contributed by atoms with E-state index in [1.165, 1.54) is 10.4 Å². The second kappa shape index (κ2) is 7.22. The Kier molecular flexibility index (Phi) is 4.81. The summed E-state index contributed by atoms with van der Waals surface area (Å²) in [6, 6.07) is 4.10. The van der Waals surface area contributed by atoms with Crippen molar-refractivity contribution in [2.75, 3.05) is 19.6 Å². The molecule has 5 nitrogen and oxygen atoms in total. The molecule has 1 fully saturated rings. The van der Waals surface area contributed by atoms with Crippen molar-refractivity contribution in [2.45, 2.75) is 44.7 Å². The van der Waals surface area contributed by atoms with Gasteiger partial charge in [-0.3, -0.25) is 9.69 Å². The van der Waals surface area contributed by atoms with Gasteiger partial charge in [-0.25, -0.2) is 9.97 Å². The Bertz CT molecular complexity index is 732. The van der Waals surface area contributed by atoms with E-state index in [4.69, 9.17) is 0 Å². The van der Waals surface area contributed by atoms with Crippen molar-refractivity contribution in [3.05, 3.63) is 46.2 Å². The largest absolute Gasteiger partial charge is 0.337 e. The van der Waals surface area contributed by atoms with Gasteiger partial charge in [0.15, 0.2) is 0 Å². The van der Waals surface area contributed by atoms with E-state index in [1.807, 2.05) is 28.5 Å². The molecular weight excluding hydrogens is 332 g/mol. The molecule has 132 valence electrons. The summed E-state index contributed by atoms with van der Waals surface area (Å²) in [5, 5.41) is 2.14. The Morgan fingerprint density at radius 2 is 2.28 bits per heavy atom. The molecule has 0 bridgehead atoms. The van der Waals surface area contributed by atoms with Crippen LogP contribution in [0.1, 0.15) is 41.8 Å². The molecule has 0 saturated carbocycles. The number of hydrogen-bond acceptors (Lipinski definition) is 5. The molecule has 0 radical (unpaired) electrons. The number of likely N-dealkylation sites (tertiary alicyclic amines) is 1. The minimum absolute atomic E-state index is 0.0650. The van der Waals surface area contributed by atoms with E-state index in [2.05, 4.69) is 33.2 Å². The van der Waals surface area contributed by atoms with Gasteiger partial charge in [0.1, 0.15) is 6.33 Å². The highest BCUT2D eigenvalue weighted by Gasteiger charge is 2.32. The molecule has 2 atom stereocenters. The van der Waals surface area contributed by atoms with Gasteiger partial charge in [-0.1, -0.05) is 0 Å². The van der Waals surface area contributed by atoms with E-state index in [9.17, 15) is 4.79 Å². The molecule has 1 amide bonds. The monoisotopic (exact) mass is 356 g/mol. The number of thiophene rings is 1. The predicted octanol–water partition coefficient (Wildman–Crippen LogP) is 2.69. The number of piperidine rings is 1. The van der Waals surface area contributed by atoms with Crippen molar-refractivity contribution < 1.29 is 4.79 Å². The zero-order chi connectivity index (χ0) is 17.2. The normalized spacial score (nSPS) is 22.4. The SMILES string of the molecule is C[C@H](C(=O)N1CCc2sccc2C1)N1CCC[C@@H](c2ccncn2)C1. The van der Waals surface area contributed by atoms with Gasteiger partial charge in [-0.15, -0.1) is 11.3 Å². The lowest BCUT2D eigenvalue weighted by Gasteiger charge is -2.38. The fraction of sp³-hybridized carbons (Fsp3) is 0.526. The van der Waals surface area contributed by atoms with E-state index in [0.717, 1.165) is 51.1 Å². The van der Waals surface area contributed by atoms with E-state index >= 15 is 0 Å². The van der Waals surface area contributed by atoms with Gasteiger partial charge in [0.2, 0.25) is 5.91 Å². The number of fused-ring (bicyclic) bond motifs is 1. The van der Waals surface area contributed by atoms with Gasteiger partial charge in [-0.2, -0.15) is 0 Å². The van der Waals surface area contributed by atoms with Crippen LogP contribution in [-0.4, -0.2) is 51.4 Å². The fourth-order valence-corrected chi connectivity index (χ4v) is 4.89. The number of carbonyl (C=O) groups is 1. The molecule has 2 aliphatic heterocycles. The average molecular weight is 356 g/mol. The van der Waals surface area contributed by atoms with Gasteiger partial charge in [-0.05, 0) is 55.8 Å². The summed E-state index contributed by atoms with van der Waals surface area (Å²) in [6.07, 6.45) is 6.67. The van der Waals surface area contributed by atoms with Gasteiger partial charge < -0.3 is 4.90 Å². The molecule has 1 saturated heterocycles. The van der Waals surface area contributed by atoms with Crippen molar-refractivity contribution in [2.24, 2.45) is 0 Å². The van der Waals surface area contributed by atoms with Crippen LogP contribution in [0.15, 0.2) is 30.0 Å². The molecule has 0 spiro atoms. The van der Waals surface area contributed by atoms with Gasteiger partial charge in [0, 0.05) is 42.3 Å². The maximum Gasteiger partial charge on any atom is 0.239 e. The van der Waals surface area contributed by atoms with Crippen LogP contribution in [0.3, 0.4) is 0 Å². The van der Waals surface area contributed by atoms with Gasteiger partial charge in [0.25, 0.3) is 0 Å². The first-order chi connectivity index (χ1) is 12.2. The van der Waals surface area contributed by atoms with E-state index in [0.29, 0.717) is 5.92 Å². The number of hydrogen-bond donors (Lipinski definition) is 0. The van der Waals surface area contributed by atoms with Gasteiger partial charge >= 0.3 is 0 Å². The highest BCUT2D eigenvalue weighted by Crippen LogP contribution is 2.28. The zero-order valence-corrected chi connectivity index (χ0v) is 15.4. The number of amides is 1. The summed E-state index contributed by atoms with van der Waals surface area (Å²) in [5.74, 6) is 0.664. The second-order valence-electron chi connectivity index (χ2n) is 7.02. The average Bonchev–Trinajstić information content (AvgIpc) is 3.15. The van der Waals surface area contributed by atoms with Crippen LogP contribution in [-0.2, 0) is 17.8 Å². The van der Waals surface area contributed by atoms with Crippen molar-refractivity contribution in [1.29, 1.82) is 0 Å². The number of aromatic nitrogens is 2. The molecule has 0 aliphatic carbocycles.